The van der Waals surface area contributed by atoms with Crippen molar-refractivity contribution in [2.75, 3.05) is 17.4 Å². The number of amides is 2. The van der Waals surface area contributed by atoms with Gasteiger partial charge in [0.1, 0.15) is 12.6 Å². The average molecular weight is 677 g/mol. The highest BCUT2D eigenvalue weighted by atomic mass is 79.9. The fourth-order valence-corrected chi connectivity index (χ4v) is 6.75. The molecule has 0 fully saturated rings. The average Bonchev–Trinajstić information content (AvgIpc) is 3.02. The fraction of sp³-hybridized carbons (Fsp3) is 0.257. The van der Waals surface area contributed by atoms with Gasteiger partial charge >= 0.3 is 0 Å². The van der Waals surface area contributed by atoms with Crippen LogP contribution in [0.4, 0.5) is 5.69 Å². The topological polar surface area (TPSA) is 86.8 Å². The maximum atomic E-state index is 14.5. The SMILES string of the molecule is CCCNC(=O)C(Cc1ccccc1)N(Cc1cccc(Br)c1)C(=O)CN(c1ccc(C)c(C)c1)S(=O)(=O)c1ccccc1. The van der Waals surface area contributed by atoms with E-state index in [0.717, 1.165) is 37.5 Å². The third-order valence-corrected chi connectivity index (χ3v) is 9.73. The number of halogens is 1. The number of aryl methyl sites for hydroxylation is 2. The Balaban J connectivity index is 1.81. The first-order valence-corrected chi connectivity index (χ1v) is 16.8. The number of rotatable bonds is 13. The molecular weight excluding hydrogens is 638 g/mol. The van der Waals surface area contributed by atoms with Crippen LogP contribution in [0, 0.1) is 13.8 Å². The summed E-state index contributed by atoms with van der Waals surface area (Å²) in [6.45, 7) is 5.90. The van der Waals surface area contributed by atoms with Gasteiger partial charge in [0.05, 0.1) is 10.6 Å². The van der Waals surface area contributed by atoms with Crippen molar-refractivity contribution < 1.29 is 18.0 Å². The Morgan fingerprint density at radius 2 is 1.48 bits per heavy atom. The first-order valence-electron chi connectivity index (χ1n) is 14.6. The molecule has 230 valence electrons. The lowest BCUT2D eigenvalue weighted by Crippen LogP contribution is -2.53. The molecule has 9 heteroatoms. The first-order chi connectivity index (χ1) is 21.1. The fourth-order valence-electron chi connectivity index (χ4n) is 4.88. The van der Waals surface area contributed by atoms with Crippen molar-refractivity contribution in [1.82, 2.24) is 10.2 Å². The van der Waals surface area contributed by atoms with Crippen LogP contribution in [0.3, 0.4) is 0 Å². The number of carbonyl (C=O) groups excluding carboxylic acids is 2. The molecule has 0 saturated heterocycles. The van der Waals surface area contributed by atoms with Crippen molar-refractivity contribution in [2.24, 2.45) is 0 Å². The molecule has 1 atom stereocenters. The van der Waals surface area contributed by atoms with Crippen LogP contribution in [-0.2, 0) is 32.6 Å². The van der Waals surface area contributed by atoms with E-state index in [-0.39, 0.29) is 23.8 Å². The smallest absolute Gasteiger partial charge is 0.264 e. The Bertz CT molecular complexity index is 1680. The van der Waals surface area contributed by atoms with Gasteiger partial charge in [0.2, 0.25) is 11.8 Å². The van der Waals surface area contributed by atoms with Gasteiger partial charge in [-0.3, -0.25) is 13.9 Å². The summed E-state index contributed by atoms with van der Waals surface area (Å²) in [4.78, 5) is 29.8. The van der Waals surface area contributed by atoms with Gasteiger partial charge < -0.3 is 10.2 Å². The molecule has 0 saturated carbocycles. The predicted molar refractivity (Wildman–Crippen MR) is 179 cm³/mol. The minimum absolute atomic E-state index is 0.0751. The van der Waals surface area contributed by atoms with E-state index in [9.17, 15) is 18.0 Å². The molecule has 4 aromatic rings. The van der Waals surface area contributed by atoms with Crippen molar-refractivity contribution >= 4 is 43.5 Å². The van der Waals surface area contributed by atoms with E-state index in [1.54, 1.807) is 30.3 Å². The highest BCUT2D eigenvalue weighted by Crippen LogP contribution is 2.27. The van der Waals surface area contributed by atoms with Crippen LogP contribution in [0.2, 0.25) is 0 Å². The number of sulfonamides is 1. The summed E-state index contributed by atoms with van der Waals surface area (Å²) >= 11 is 3.51. The highest BCUT2D eigenvalue weighted by molar-refractivity contribution is 9.10. The molecule has 0 radical (unpaired) electrons. The van der Waals surface area contributed by atoms with E-state index < -0.39 is 28.5 Å². The molecule has 4 rings (SSSR count). The van der Waals surface area contributed by atoms with Crippen molar-refractivity contribution in [2.45, 2.75) is 51.1 Å². The molecule has 4 aromatic carbocycles. The molecule has 0 aliphatic rings. The van der Waals surface area contributed by atoms with Crippen molar-refractivity contribution in [3.63, 3.8) is 0 Å². The third-order valence-electron chi connectivity index (χ3n) is 7.45. The third kappa shape index (κ3) is 8.36. The molecule has 7 nitrogen and oxygen atoms in total. The summed E-state index contributed by atoms with van der Waals surface area (Å²) in [5, 5.41) is 2.97. The summed E-state index contributed by atoms with van der Waals surface area (Å²) in [7, 11) is -4.13. The van der Waals surface area contributed by atoms with Crippen molar-refractivity contribution in [3.05, 3.63) is 130 Å². The van der Waals surface area contributed by atoms with Crippen LogP contribution in [0.15, 0.2) is 112 Å². The van der Waals surface area contributed by atoms with Gasteiger partial charge in [-0.15, -0.1) is 0 Å². The number of benzene rings is 4. The summed E-state index contributed by atoms with van der Waals surface area (Å²) in [5.74, 6) is -0.780. The zero-order valence-corrected chi connectivity index (χ0v) is 27.6. The summed E-state index contributed by atoms with van der Waals surface area (Å²) in [6, 6.07) is 29.6. The molecule has 0 spiro atoms. The number of anilines is 1. The van der Waals surface area contributed by atoms with E-state index in [0.29, 0.717) is 12.2 Å². The van der Waals surface area contributed by atoms with Gasteiger partial charge in [0.15, 0.2) is 0 Å². The Kier molecular flexibility index (Phi) is 11.4. The van der Waals surface area contributed by atoms with Crippen LogP contribution < -0.4 is 9.62 Å². The summed E-state index contributed by atoms with van der Waals surface area (Å²) < 4.78 is 30.2. The molecule has 0 aliphatic carbocycles. The van der Waals surface area contributed by atoms with Gasteiger partial charge in [-0.1, -0.05) is 89.6 Å². The number of hydrogen-bond acceptors (Lipinski definition) is 4. The zero-order chi connectivity index (χ0) is 31.7. The molecule has 2 amide bonds. The van der Waals surface area contributed by atoms with Gasteiger partial charge in [0.25, 0.3) is 10.0 Å². The van der Waals surface area contributed by atoms with Crippen molar-refractivity contribution in [3.8, 4) is 0 Å². The monoisotopic (exact) mass is 675 g/mol. The zero-order valence-electron chi connectivity index (χ0n) is 25.2. The van der Waals surface area contributed by atoms with Gasteiger partial charge in [0, 0.05) is 24.0 Å². The van der Waals surface area contributed by atoms with Crippen LogP contribution >= 0.6 is 15.9 Å². The van der Waals surface area contributed by atoms with Crippen molar-refractivity contribution in [1.29, 1.82) is 0 Å². The lowest BCUT2D eigenvalue weighted by Gasteiger charge is -2.34. The van der Waals surface area contributed by atoms with Crippen LogP contribution in [0.25, 0.3) is 0 Å². The standard InChI is InChI=1S/C35H38BrN3O4S/c1-4-20-37-35(41)33(23-28-12-7-5-8-13-28)38(24-29-14-11-15-30(36)22-29)34(40)25-39(31-19-18-26(2)27(3)21-31)44(42,43)32-16-9-6-10-17-32/h5-19,21-22,33H,4,20,23-25H2,1-3H3,(H,37,41). The Labute approximate surface area is 269 Å². The second kappa shape index (κ2) is 15.2. The maximum absolute atomic E-state index is 14.5. The predicted octanol–water partition coefficient (Wildman–Crippen LogP) is 6.43. The number of nitrogens with zero attached hydrogens (tertiary/aromatic N) is 2. The molecule has 0 heterocycles. The number of carbonyl (C=O) groups is 2. The van der Waals surface area contributed by atoms with Gasteiger partial charge in [-0.2, -0.15) is 0 Å². The number of nitrogens with one attached hydrogen (secondary N) is 1. The number of hydrogen-bond donors (Lipinski definition) is 1. The van der Waals surface area contributed by atoms with Crippen LogP contribution in [0.5, 0.6) is 0 Å². The normalized spacial score (nSPS) is 11.9. The minimum Gasteiger partial charge on any atom is -0.354 e. The van der Waals surface area contributed by atoms with Crippen LogP contribution in [0.1, 0.15) is 35.6 Å². The maximum Gasteiger partial charge on any atom is 0.264 e. The Hall–Kier alpha value is -3.95. The molecule has 0 aromatic heterocycles. The molecule has 44 heavy (non-hydrogen) atoms. The second-order valence-corrected chi connectivity index (χ2v) is 13.5. The Morgan fingerprint density at radius 3 is 2.11 bits per heavy atom. The minimum atomic E-state index is -4.13. The summed E-state index contributed by atoms with van der Waals surface area (Å²) in [5.41, 5.74) is 3.97. The molecule has 1 unspecified atom stereocenters. The first kappa shape index (κ1) is 33.0. The van der Waals surface area contributed by atoms with Crippen LogP contribution in [-0.4, -0.2) is 44.3 Å². The summed E-state index contributed by atoms with van der Waals surface area (Å²) in [6.07, 6.45) is 1.00. The van der Waals surface area contributed by atoms with Gasteiger partial charge in [-0.05, 0) is 78.9 Å². The van der Waals surface area contributed by atoms with E-state index in [4.69, 9.17) is 0 Å². The molecule has 0 aliphatic heterocycles. The lowest BCUT2D eigenvalue weighted by molar-refractivity contribution is -0.140. The lowest BCUT2D eigenvalue weighted by atomic mass is 10.0. The van der Waals surface area contributed by atoms with E-state index >= 15 is 0 Å². The second-order valence-electron chi connectivity index (χ2n) is 10.7. The Morgan fingerprint density at radius 1 is 0.818 bits per heavy atom. The quantitative estimate of drug-likeness (QED) is 0.177. The van der Waals surface area contributed by atoms with E-state index in [1.807, 2.05) is 81.4 Å². The molecular formula is C35H38BrN3O4S. The van der Waals surface area contributed by atoms with E-state index in [1.165, 1.54) is 17.0 Å². The van der Waals surface area contributed by atoms with E-state index in [2.05, 4.69) is 21.2 Å². The largest absolute Gasteiger partial charge is 0.354 e. The molecule has 1 N–H and O–H groups in total. The highest BCUT2D eigenvalue weighted by Gasteiger charge is 2.34. The van der Waals surface area contributed by atoms with Gasteiger partial charge in [-0.25, -0.2) is 8.42 Å². The molecule has 0 bridgehead atoms.